The molecule has 1 saturated heterocycles. The molecule has 0 saturated carbocycles. The van der Waals surface area contributed by atoms with Crippen LogP contribution in [-0.4, -0.2) is 41.9 Å². The Kier molecular flexibility index (Phi) is 5.75. The minimum Gasteiger partial charge on any atom is -0.336 e. The Morgan fingerprint density at radius 2 is 1.46 bits per heavy atom. The van der Waals surface area contributed by atoms with Gasteiger partial charge in [0.05, 0.1) is 0 Å². The van der Waals surface area contributed by atoms with Gasteiger partial charge in [-0.3, -0.25) is 9.69 Å². The van der Waals surface area contributed by atoms with Crippen LogP contribution in [0.3, 0.4) is 0 Å². The van der Waals surface area contributed by atoms with Crippen LogP contribution in [0.4, 0.5) is 0 Å². The molecule has 0 unspecified atom stereocenters. The summed E-state index contributed by atoms with van der Waals surface area (Å²) in [5.41, 5.74) is 4.26. The van der Waals surface area contributed by atoms with Gasteiger partial charge in [0.1, 0.15) is 0 Å². The molecule has 1 aliphatic heterocycles. The van der Waals surface area contributed by atoms with Gasteiger partial charge in [-0.15, -0.1) is 0 Å². The Labute approximate surface area is 171 Å². The van der Waals surface area contributed by atoms with Gasteiger partial charge >= 0.3 is 0 Å². The first-order valence-electron chi connectivity index (χ1n) is 9.60. The van der Waals surface area contributed by atoms with Gasteiger partial charge in [0.2, 0.25) is 0 Å². The quantitative estimate of drug-likeness (QED) is 0.628. The Balaban J connectivity index is 1.35. The van der Waals surface area contributed by atoms with Gasteiger partial charge in [-0.05, 0) is 41.0 Å². The van der Waals surface area contributed by atoms with Gasteiger partial charge < -0.3 is 4.90 Å². The zero-order chi connectivity index (χ0) is 19.3. The number of hydrogen-bond donors (Lipinski definition) is 0. The second-order valence-electron chi connectivity index (χ2n) is 7.14. The Morgan fingerprint density at radius 3 is 2.14 bits per heavy atom. The lowest BCUT2D eigenvalue weighted by atomic mass is 10.0. The van der Waals surface area contributed by atoms with Crippen molar-refractivity contribution in [2.75, 3.05) is 26.2 Å². The van der Waals surface area contributed by atoms with E-state index in [0.717, 1.165) is 54.4 Å². The lowest BCUT2D eigenvalue weighted by molar-refractivity contribution is 0.0628. The van der Waals surface area contributed by atoms with Crippen molar-refractivity contribution in [1.82, 2.24) is 9.80 Å². The number of amides is 1. The fourth-order valence-corrected chi connectivity index (χ4v) is 3.83. The highest BCUT2D eigenvalue weighted by Crippen LogP contribution is 2.20. The second-order valence-corrected chi connectivity index (χ2v) is 7.58. The molecule has 0 bridgehead atoms. The summed E-state index contributed by atoms with van der Waals surface area (Å²) >= 11 is 6.07. The summed E-state index contributed by atoms with van der Waals surface area (Å²) in [4.78, 5) is 17.2. The van der Waals surface area contributed by atoms with Crippen molar-refractivity contribution < 1.29 is 4.79 Å². The van der Waals surface area contributed by atoms with Crippen LogP contribution in [0.1, 0.15) is 15.9 Å². The highest BCUT2D eigenvalue weighted by Gasteiger charge is 2.22. The van der Waals surface area contributed by atoms with Crippen molar-refractivity contribution in [3.05, 3.63) is 95.0 Å². The van der Waals surface area contributed by atoms with E-state index in [2.05, 4.69) is 23.1 Å². The average molecular weight is 391 g/mol. The summed E-state index contributed by atoms with van der Waals surface area (Å²) in [7, 11) is 0. The first kappa shape index (κ1) is 18.7. The molecule has 0 aromatic heterocycles. The largest absolute Gasteiger partial charge is 0.336 e. The molecule has 0 radical (unpaired) electrons. The summed E-state index contributed by atoms with van der Waals surface area (Å²) in [5.74, 6) is 0.113. The summed E-state index contributed by atoms with van der Waals surface area (Å²) in [6, 6.07) is 26.1. The molecule has 4 rings (SSSR count). The minimum atomic E-state index is 0.113. The SMILES string of the molecule is O=C(c1ccc(-c2ccccc2)cc1)N1CCN(Cc2cccc(Cl)c2)CC1. The van der Waals surface area contributed by atoms with Crippen molar-refractivity contribution in [3.8, 4) is 11.1 Å². The number of halogens is 1. The van der Waals surface area contributed by atoms with E-state index >= 15 is 0 Å². The zero-order valence-electron chi connectivity index (χ0n) is 15.7. The van der Waals surface area contributed by atoms with E-state index in [1.165, 1.54) is 5.56 Å². The molecule has 1 amide bonds. The molecule has 142 valence electrons. The monoisotopic (exact) mass is 390 g/mol. The molecule has 28 heavy (non-hydrogen) atoms. The van der Waals surface area contributed by atoms with E-state index in [1.54, 1.807) is 0 Å². The number of hydrogen-bond acceptors (Lipinski definition) is 2. The standard InChI is InChI=1S/C24H23ClN2O/c25-23-8-4-5-19(17-23)18-26-13-15-27(16-14-26)24(28)22-11-9-21(10-12-22)20-6-2-1-3-7-20/h1-12,17H,13-16,18H2. The van der Waals surface area contributed by atoms with Crippen LogP contribution in [0.5, 0.6) is 0 Å². The topological polar surface area (TPSA) is 23.6 Å². The molecule has 1 fully saturated rings. The molecule has 0 aliphatic carbocycles. The third-order valence-corrected chi connectivity index (χ3v) is 5.43. The fraction of sp³-hybridized carbons (Fsp3) is 0.208. The highest BCUT2D eigenvalue weighted by molar-refractivity contribution is 6.30. The summed E-state index contributed by atoms with van der Waals surface area (Å²) in [6.45, 7) is 4.12. The number of rotatable bonds is 4. The molecule has 3 aromatic carbocycles. The lowest BCUT2D eigenvalue weighted by Crippen LogP contribution is -2.48. The van der Waals surface area contributed by atoms with Gasteiger partial charge in [-0.1, -0.05) is 66.2 Å². The maximum Gasteiger partial charge on any atom is 0.253 e. The van der Waals surface area contributed by atoms with Gasteiger partial charge in [0.15, 0.2) is 0 Å². The Bertz CT molecular complexity index is 932. The van der Waals surface area contributed by atoms with E-state index in [4.69, 9.17) is 11.6 Å². The lowest BCUT2D eigenvalue weighted by Gasteiger charge is -2.34. The maximum atomic E-state index is 12.8. The normalized spacial score (nSPS) is 14.8. The summed E-state index contributed by atoms with van der Waals surface area (Å²) in [6.07, 6.45) is 0. The van der Waals surface area contributed by atoms with Crippen LogP contribution in [0.15, 0.2) is 78.9 Å². The molecular weight excluding hydrogens is 368 g/mol. The summed E-state index contributed by atoms with van der Waals surface area (Å²) in [5, 5.41) is 0.769. The molecule has 1 aliphatic rings. The van der Waals surface area contributed by atoms with E-state index in [0.29, 0.717) is 0 Å². The third-order valence-electron chi connectivity index (χ3n) is 5.19. The van der Waals surface area contributed by atoms with Gasteiger partial charge in [0, 0.05) is 43.3 Å². The Morgan fingerprint density at radius 1 is 0.786 bits per heavy atom. The van der Waals surface area contributed by atoms with Crippen LogP contribution in [-0.2, 0) is 6.54 Å². The highest BCUT2D eigenvalue weighted by atomic mass is 35.5. The predicted octanol–water partition coefficient (Wildman–Crippen LogP) is 4.97. The molecule has 0 N–H and O–H groups in total. The number of benzene rings is 3. The van der Waals surface area contributed by atoms with Gasteiger partial charge in [0.25, 0.3) is 5.91 Å². The molecular formula is C24H23ClN2O. The number of nitrogens with zero attached hydrogens (tertiary/aromatic N) is 2. The van der Waals surface area contributed by atoms with Crippen LogP contribution >= 0.6 is 11.6 Å². The van der Waals surface area contributed by atoms with Crippen LogP contribution in [0, 0.1) is 0 Å². The average Bonchev–Trinajstić information content (AvgIpc) is 2.75. The van der Waals surface area contributed by atoms with Crippen molar-refractivity contribution in [2.45, 2.75) is 6.54 Å². The van der Waals surface area contributed by atoms with Crippen LogP contribution in [0.2, 0.25) is 5.02 Å². The smallest absolute Gasteiger partial charge is 0.253 e. The fourth-order valence-electron chi connectivity index (χ4n) is 3.62. The maximum absolute atomic E-state index is 12.8. The second kappa shape index (κ2) is 8.59. The van der Waals surface area contributed by atoms with E-state index < -0.39 is 0 Å². The van der Waals surface area contributed by atoms with E-state index in [1.807, 2.05) is 65.6 Å². The number of carbonyl (C=O) groups is 1. The molecule has 1 heterocycles. The summed E-state index contributed by atoms with van der Waals surface area (Å²) < 4.78 is 0. The van der Waals surface area contributed by atoms with Crippen molar-refractivity contribution in [3.63, 3.8) is 0 Å². The van der Waals surface area contributed by atoms with Gasteiger partial charge in [-0.25, -0.2) is 0 Å². The van der Waals surface area contributed by atoms with Crippen molar-refractivity contribution >= 4 is 17.5 Å². The van der Waals surface area contributed by atoms with E-state index in [9.17, 15) is 4.79 Å². The Hall–Kier alpha value is -2.62. The molecule has 4 heteroatoms. The first-order chi connectivity index (χ1) is 13.7. The molecule has 3 aromatic rings. The minimum absolute atomic E-state index is 0.113. The van der Waals surface area contributed by atoms with Crippen molar-refractivity contribution in [2.24, 2.45) is 0 Å². The van der Waals surface area contributed by atoms with Crippen molar-refractivity contribution in [1.29, 1.82) is 0 Å². The third kappa shape index (κ3) is 4.44. The van der Waals surface area contributed by atoms with Gasteiger partial charge in [-0.2, -0.15) is 0 Å². The first-order valence-corrected chi connectivity index (χ1v) is 9.98. The predicted molar refractivity (Wildman–Crippen MR) is 115 cm³/mol. The van der Waals surface area contributed by atoms with Crippen LogP contribution < -0.4 is 0 Å². The molecule has 0 spiro atoms. The van der Waals surface area contributed by atoms with Crippen LogP contribution in [0.25, 0.3) is 11.1 Å². The number of carbonyl (C=O) groups excluding carboxylic acids is 1. The van der Waals surface area contributed by atoms with E-state index in [-0.39, 0.29) is 5.91 Å². The number of piperazine rings is 1. The zero-order valence-corrected chi connectivity index (χ0v) is 16.5. The molecule has 3 nitrogen and oxygen atoms in total. The molecule has 0 atom stereocenters.